The predicted octanol–water partition coefficient (Wildman–Crippen LogP) is 1.62. The van der Waals surface area contributed by atoms with Crippen molar-refractivity contribution in [1.82, 2.24) is 9.62 Å². The Morgan fingerprint density at radius 2 is 1.96 bits per heavy atom. The summed E-state index contributed by atoms with van der Waals surface area (Å²) in [5, 5.41) is 11.5. The zero-order valence-corrected chi connectivity index (χ0v) is 16.0. The monoisotopic (exact) mass is 382 g/mol. The zero-order chi connectivity index (χ0) is 19.3. The van der Waals surface area contributed by atoms with Crippen molar-refractivity contribution in [2.45, 2.75) is 38.0 Å². The summed E-state index contributed by atoms with van der Waals surface area (Å²) in [6.07, 6.45) is 1.23. The standard InChI is InChI=1S/C18H26N2O5S/c1-13-5-7-16(8-6-13)26(24,25)20-9-3-4-15(12-20)18(23)19-11-14(2)10-17(21)22/h5-8,14-15H,3-4,9-12H2,1-2H3,(H,19,23)(H,21,22). The van der Waals surface area contributed by atoms with Gasteiger partial charge < -0.3 is 10.4 Å². The molecule has 0 aliphatic carbocycles. The molecule has 1 aliphatic heterocycles. The van der Waals surface area contributed by atoms with Crippen LogP contribution in [0.1, 0.15) is 31.7 Å². The van der Waals surface area contributed by atoms with Crippen LogP contribution < -0.4 is 5.32 Å². The van der Waals surface area contributed by atoms with E-state index in [1.165, 1.54) is 4.31 Å². The smallest absolute Gasteiger partial charge is 0.303 e. The van der Waals surface area contributed by atoms with Crippen LogP contribution >= 0.6 is 0 Å². The minimum absolute atomic E-state index is 0.0150. The van der Waals surface area contributed by atoms with E-state index in [9.17, 15) is 18.0 Å². The first-order valence-electron chi connectivity index (χ1n) is 8.76. The summed E-state index contributed by atoms with van der Waals surface area (Å²) in [5.74, 6) is -1.71. The van der Waals surface area contributed by atoms with E-state index in [1.807, 2.05) is 6.92 Å². The van der Waals surface area contributed by atoms with Crippen molar-refractivity contribution >= 4 is 21.9 Å². The Kier molecular flexibility index (Phi) is 6.77. The fourth-order valence-electron chi connectivity index (χ4n) is 3.02. The number of amides is 1. The highest BCUT2D eigenvalue weighted by molar-refractivity contribution is 7.89. The van der Waals surface area contributed by atoms with Gasteiger partial charge in [-0.1, -0.05) is 24.6 Å². The molecular formula is C18H26N2O5S. The van der Waals surface area contributed by atoms with Gasteiger partial charge in [-0.2, -0.15) is 4.31 Å². The molecule has 0 aromatic heterocycles. The van der Waals surface area contributed by atoms with E-state index in [-0.39, 0.29) is 36.2 Å². The number of sulfonamides is 1. The highest BCUT2D eigenvalue weighted by Gasteiger charge is 2.33. The number of hydrogen-bond donors (Lipinski definition) is 2. The lowest BCUT2D eigenvalue weighted by Gasteiger charge is -2.31. The Bertz CT molecular complexity index is 745. The number of rotatable bonds is 7. The summed E-state index contributed by atoms with van der Waals surface area (Å²) < 4.78 is 26.9. The molecule has 8 heteroatoms. The maximum atomic E-state index is 12.8. The Labute approximate surface area is 154 Å². The van der Waals surface area contributed by atoms with Crippen LogP contribution in [0.5, 0.6) is 0 Å². The molecule has 1 aliphatic rings. The van der Waals surface area contributed by atoms with Gasteiger partial charge in [0.05, 0.1) is 10.8 Å². The second-order valence-corrected chi connectivity index (χ2v) is 8.90. The molecule has 2 atom stereocenters. The number of aryl methyl sites for hydroxylation is 1. The first kappa shape index (κ1) is 20.4. The molecule has 1 heterocycles. The molecular weight excluding hydrogens is 356 g/mol. The van der Waals surface area contributed by atoms with Gasteiger partial charge in [0, 0.05) is 26.1 Å². The zero-order valence-electron chi connectivity index (χ0n) is 15.1. The van der Waals surface area contributed by atoms with Crippen LogP contribution in [0, 0.1) is 18.8 Å². The molecule has 0 saturated carbocycles. The van der Waals surface area contributed by atoms with Gasteiger partial charge in [-0.05, 0) is 37.8 Å². The topological polar surface area (TPSA) is 104 Å². The molecule has 0 bridgehead atoms. The Morgan fingerprint density at radius 1 is 1.31 bits per heavy atom. The molecule has 1 amide bonds. The van der Waals surface area contributed by atoms with E-state index >= 15 is 0 Å². The molecule has 144 valence electrons. The van der Waals surface area contributed by atoms with E-state index in [4.69, 9.17) is 5.11 Å². The number of benzene rings is 1. The molecule has 2 N–H and O–H groups in total. The van der Waals surface area contributed by atoms with Crippen LogP contribution in [0.3, 0.4) is 0 Å². The van der Waals surface area contributed by atoms with Crippen LogP contribution in [0.25, 0.3) is 0 Å². The van der Waals surface area contributed by atoms with E-state index in [1.54, 1.807) is 31.2 Å². The van der Waals surface area contributed by atoms with E-state index < -0.39 is 21.9 Å². The Morgan fingerprint density at radius 3 is 2.58 bits per heavy atom. The number of piperidine rings is 1. The summed E-state index contributed by atoms with van der Waals surface area (Å²) in [6, 6.07) is 6.68. The van der Waals surface area contributed by atoms with Crippen LogP contribution in [-0.4, -0.2) is 49.3 Å². The fraction of sp³-hybridized carbons (Fsp3) is 0.556. The van der Waals surface area contributed by atoms with Crippen molar-refractivity contribution in [3.63, 3.8) is 0 Å². The second kappa shape index (κ2) is 8.64. The van der Waals surface area contributed by atoms with Crippen LogP contribution in [0.15, 0.2) is 29.2 Å². The summed E-state index contributed by atoms with van der Waals surface area (Å²) in [5.41, 5.74) is 0.982. The number of carbonyl (C=O) groups is 2. The molecule has 1 aromatic rings. The van der Waals surface area contributed by atoms with Crippen molar-refractivity contribution in [2.24, 2.45) is 11.8 Å². The number of carboxylic acid groups (broad SMARTS) is 1. The number of nitrogens with one attached hydrogen (secondary N) is 1. The van der Waals surface area contributed by atoms with Crippen LogP contribution in [0.4, 0.5) is 0 Å². The summed E-state index contributed by atoms with van der Waals surface area (Å²) in [4.78, 5) is 23.3. The van der Waals surface area contributed by atoms with Gasteiger partial charge in [-0.25, -0.2) is 8.42 Å². The van der Waals surface area contributed by atoms with Gasteiger partial charge in [0.1, 0.15) is 0 Å². The molecule has 2 rings (SSSR count). The predicted molar refractivity (Wildman–Crippen MR) is 97.1 cm³/mol. The van der Waals surface area contributed by atoms with E-state index in [0.717, 1.165) is 5.56 Å². The number of aliphatic carboxylic acids is 1. The lowest BCUT2D eigenvalue weighted by atomic mass is 9.98. The van der Waals surface area contributed by atoms with E-state index in [0.29, 0.717) is 19.4 Å². The number of carboxylic acids is 1. The Balaban J connectivity index is 1.98. The van der Waals surface area contributed by atoms with Crippen LogP contribution in [-0.2, 0) is 19.6 Å². The summed E-state index contributed by atoms with van der Waals surface area (Å²) >= 11 is 0. The van der Waals surface area contributed by atoms with Gasteiger partial charge in [0.25, 0.3) is 0 Å². The molecule has 1 fully saturated rings. The number of hydrogen-bond acceptors (Lipinski definition) is 4. The van der Waals surface area contributed by atoms with Crippen molar-refractivity contribution in [1.29, 1.82) is 0 Å². The van der Waals surface area contributed by atoms with Gasteiger partial charge in [0.15, 0.2) is 0 Å². The minimum Gasteiger partial charge on any atom is -0.481 e. The third-order valence-corrected chi connectivity index (χ3v) is 6.44. The highest BCUT2D eigenvalue weighted by atomic mass is 32.2. The first-order valence-corrected chi connectivity index (χ1v) is 10.2. The third-order valence-electron chi connectivity index (χ3n) is 4.56. The number of carbonyl (C=O) groups excluding carboxylic acids is 1. The molecule has 2 unspecified atom stereocenters. The maximum Gasteiger partial charge on any atom is 0.303 e. The molecule has 26 heavy (non-hydrogen) atoms. The molecule has 0 spiro atoms. The highest BCUT2D eigenvalue weighted by Crippen LogP contribution is 2.24. The average Bonchev–Trinajstić information content (AvgIpc) is 2.59. The fourth-order valence-corrected chi connectivity index (χ4v) is 4.55. The van der Waals surface area contributed by atoms with Gasteiger partial charge in [0.2, 0.25) is 15.9 Å². The van der Waals surface area contributed by atoms with Crippen molar-refractivity contribution in [2.75, 3.05) is 19.6 Å². The average molecular weight is 382 g/mol. The lowest BCUT2D eigenvalue weighted by molar-refractivity contribution is -0.138. The summed E-state index contributed by atoms with van der Waals surface area (Å²) in [7, 11) is -3.62. The van der Waals surface area contributed by atoms with Gasteiger partial charge in [-0.3, -0.25) is 9.59 Å². The largest absolute Gasteiger partial charge is 0.481 e. The van der Waals surface area contributed by atoms with Crippen LogP contribution in [0.2, 0.25) is 0 Å². The molecule has 1 aromatic carbocycles. The maximum absolute atomic E-state index is 12.8. The van der Waals surface area contributed by atoms with Crippen molar-refractivity contribution in [3.05, 3.63) is 29.8 Å². The van der Waals surface area contributed by atoms with Gasteiger partial charge in [-0.15, -0.1) is 0 Å². The molecule has 0 radical (unpaired) electrons. The molecule has 1 saturated heterocycles. The molecule has 7 nitrogen and oxygen atoms in total. The quantitative estimate of drug-likeness (QED) is 0.746. The SMILES string of the molecule is Cc1ccc(S(=O)(=O)N2CCCC(C(=O)NCC(C)CC(=O)O)C2)cc1. The van der Waals surface area contributed by atoms with Crippen molar-refractivity contribution < 1.29 is 23.1 Å². The lowest BCUT2D eigenvalue weighted by Crippen LogP contribution is -2.46. The first-order chi connectivity index (χ1) is 12.2. The minimum atomic E-state index is -3.62. The normalized spacial score (nSPS) is 19.7. The van der Waals surface area contributed by atoms with E-state index in [2.05, 4.69) is 5.32 Å². The number of nitrogens with zero attached hydrogens (tertiary/aromatic N) is 1. The third kappa shape index (κ3) is 5.28. The Hall–Kier alpha value is -1.93. The summed E-state index contributed by atoms with van der Waals surface area (Å²) in [6.45, 7) is 4.46. The van der Waals surface area contributed by atoms with Gasteiger partial charge >= 0.3 is 5.97 Å². The van der Waals surface area contributed by atoms with Crippen molar-refractivity contribution in [3.8, 4) is 0 Å². The second-order valence-electron chi connectivity index (χ2n) is 6.96.